The van der Waals surface area contributed by atoms with Crippen molar-refractivity contribution in [3.63, 3.8) is 0 Å². The maximum Gasteiger partial charge on any atom is 0.220 e. The lowest BCUT2D eigenvalue weighted by molar-refractivity contribution is -0.121. The number of ether oxygens (including phenoxy) is 4. The fourth-order valence-corrected chi connectivity index (χ4v) is 4.81. The van der Waals surface area contributed by atoms with Crippen molar-refractivity contribution in [3.05, 3.63) is 47.5 Å². The molecular weight excluding hydrogens is 560 g/mol. The van der Waals surface area contributed by atoms with Crippen molar-refractivity contribution in [1.29, 1.82) is 0 Å². The van der Waals surface area contributed by atoms with Crippen LogP contribution in [0.2, 0.25) is 0 Å². The summed E-state index contributed by atoms with van der Waals surface area (Å²) < 4.78 is 21.3. The Balaban J connectivity index is 1.35. The molecule has 0 heterocycles. The van der Waals surface area contributed by atoms with E-state index in [2.05, 4.69) is 21.3 Å². The van der Waals surface area contributed by atoms with E-state index >= 15 is 0 Å². The van der Waals surface area contributed by atoms with Gasteiger partial charge in [0.05, 0.1) is 28.4 Å². The van der Waals surface area contributed by atoms with Gasteiger partial charge in [-0.3, -0.25) is 9.59 Å². The van der Waals surface area contributed by atoms with Crippen LogP contribution >= 0.6 is 0 Å². The topological polar surface area (TPSA) is 119 Å². The predicted molar refractivity (Wildman–Crippen MR) is 175 cm³/mol. The molecule has 0 radical (unpaired) electrons. The largest absolute Gasteiger partial charge is 0.497 e. The molecule has 0 atom stereocenters. The van der Waals surface area contributed by atoms with Crippen molar-refractivity contribution < 1.29 is 28.5 Å². The quantitative estimate of drug-likeness (QED) is 0.124. The maximum absolute atomic E-state index is 12.2. The van der Waals surface area contributed by atoms with Crippen LogP contribution in [0, 0.1) is 0 Å². The van der Waals surface area contributed by atoms with Crippen LogP contribution in [0.3, 0.4) is 0 Å². The Labute approximate surface area is 263 Å². The average Bonchev–Trinajstić information content (AvgIpc) is 3.05. The number of carbonyl (C=O) groups is 2. The Kier molecular flexibility index (Phi) is 19.1. The van der Waals surface area contributed by atoms with E-state index in [1.54, 1.807) is 28.4 Å². The van der Waals surface area contributed by atoms with Crippen LogP contribution in [-0.4, -0.2) is 79.5 Å². The maximum atomic E-state index is 12.2. The molecule has 0 unspecified atom stereocenters. The zero-order valence-electron chi connectivity index (χ0n) is 27.2. The number of aryl methyl sites for hydroxylation is 2. The van der Waals surface area contributed by atoms with E-state index in [0.29, 0.717) is 38.8 Å². The molecule has 0 aliphatic heterocycles. The summed E-state index contributed by atoms with van der Waals surface area (Å²) in [6, 6.07) is 11.3. The molecule has 10 nitrogen and oxygen atoms in total. The van der Waals surface area contributed by atoms with Crippen LogP contribution in [0.1, 0.15) is 62.5 Å². The van der Waals surface area contributed by atoms with Crippen LogP contribution in [0.15, 0.2) is 36.4 Å². The number of carbonyl (C=O) groups excluding carboxylic acids is 2. The first kappa shape index (κ1) is 36.7. The molecule has 0 fully saturated rings. The Bertz CT molecular complexity index is 1010. The van der Waals surface area contributed by atoms with Gasteiger partial charge in [0, 0.05) is 25.9 Å². The second-order valence-electron chi connectivity index (χ2n) is 10.7. The molecule has 0 saturated carbocycles. The lowest BCUT2D eigenvalue weighted by Gasteiger charge is -2.11. The molecule has 2 rings (SSSR count). The summed E-state index contributed by atoms with van der Waals surface area (Å²) in [5.74, 6) is 3.18. The van der Waals surface area contributed by atoms with Gasteiger partial charge in [0.1, 0.15) is 23.0 Å². The molecule has 0 saturated heterocycles. The molecule has 246 valence electrons. The zero-order chi connectivity index (χ0) is 31.8. The van der Waals surface area contributed by atoms with E-state index in [0.717, 1.165) is 86.0 Å². The highest BCUT2D eigenvalue weighted by molar-refractivity contribution is 5.76. The fourth-order valence-electron chi connectivity index (χ4n) is 4.81. The highest BCUT2D eigenvalue weighted by atomic mass is 16.5. The number of rotatable bonds is 25. The first-order valence-electron chi connectivity index (χ1n) is 15.9. The molecule has 2 aromatic rings. The lowest BCUT2D eigenvalue weighted by Crippen LogP contribution is -2.28. The van der Waals surface area contributed by atoms with Crippen molar-refractivity contribution in [2.45, 2.75) is 64.2 Å². The average molecular weight is 615 g/mol. The van der Waals surface area contributed by atoms with E-state index < -0.39 is 0 Å². The van der Waals surface area contributed by atoms with Gasteiger partial charge in [-0.05, 0) is 112 Å². The normalized spacial score (nSPS) is 10.7. The Morgan fingerprint density at radius 1 is 0.523 bits per heavy atom. The van der Waals surface area contributed by atoms with Gasteiger partial charge in [-0.15, -0.1) is 0 Å². The Hall–Kier alpha value is -3.50. The molecule has 2 amide bonds. The van der Waals surface area contributed by atoms with Gasteiger partial charge in [0.15, 0.2) is 0 Å². The summed E-state index contributed by atoms with van der Waals surface area (Å²) in [7, 11) is 6.53. The van der Waals surface area contributed by atoms with Gasteiger partial charge < -0.3 is 40.2 Å². The molecule has 10 heteroatoms. The molecular formula is C34H54N4O6. The second-order valence-corrected chi connectivity index (χ2v) is 10.7. The second kappa shape index (κ2) is 23.0. The van der Waals surface area contributed by atoms with Crippen LogP contribution in [0.5, 0.6) is 23.0 Å². The van der Waals surface area contributed by atoms with Gasteiger partial charge in [0.2, 0.25) is 11.8 Å². The number of hydrogen-bond donors (Lipinski definition) is 4. The Morgan fingerprint density at radius 2 is 0.932 bits per heavy atom. The van der Waals surface area contributed by atoms with Gasteiger partial charge >= 0.3 is 0 Å². The number of amides is 2. The third-order valence-corrected chi connectivity index (χ3v) is 7.38. The predicted octanol–water partition coefficient (Wildman–Crippen LogP) is 4.04. The zero-order valence-corrected chi connectivity index (χ0v) is 27.2. The summed E-state index contributed by atoms with van der Waals surface area (Å²) in [5.41, 5.74) is 1.94. The van der Waals surface area contributed by atoms with Crippen LogP contribution in [-0.2, 0) is 22.4 Å². The molecule has 0 aromatic heterocycles. The van der Waals surface area contributed by atoms with Crippen molar-refractivity contribution in [2.75, 3.05) is 67.7 Å². The van der Waals surface area contributed by atoms with Crippen LogP contribution < -0.4 is 40.2 Å². The van der Waals surface area contributed by atoms with Crippen molar-refractivity contribution in [1.82, 2.24) is 21.3 Å². The van der Waals surface area contributed by atoms with Gasteiger partial charge in [-0.2, -0.15) is 0 Å². The third-order valence-electron chi connectivity index (χ3n) is 7.38. The summed E-state index contributed by atoms with van der Waals surface area (Å²) in [5, 5.41) is 12.9. The summed E-state index contributed by atoms with van der Waals surface area (Å²) >= 11 is 0. The summed E-state index contributed by atoms with van der Waals surface area (Å²) in [6.45, 7) is 5.15. The summed E-state index contributed by atoms with van der Waals surface area (Å²) in [4.78, 5) is 24.4. The first-order chi connectivity index (χ1) is 21.5. The summed E-state index contributed by atoms with van der Waals surface area (Å²) in [6.07, 6.45) is 8.61. The molecule has 4 N–H and O–H groups in total. The fraction of sp³-hybridized carbons (Fsp3) is 0.588. The number of benzene rings is 2. The van der Waals surface area contributed by atoms with Crippen molar-refractivity contribution in [3.8, 4) is 23.0 Å². The SMILES string of the molecule is COc1ccc(OC)c(CCC(=O)NCCCNCCCCCCNCCCNC(=O)CCc2cc(OC)ccc2OC)c1. The number of methoxy groups -OCH3 is 4. The molecule has 0 bridgehead atoms. The molecule has 0 aliphatic carbocycles. The minimum Gasteiger partial charge on any atom is -0.497 e. The van der Waals surface area contributed by atoms with E-state index in [4.69, 9.17) is 18.9 Å². The highest BCUT2D eigenvalue weighted by Crippen LogP contribution is 2.26. The van der Waals surface area contributed by atoms with E-state index in [1.165, 1.54) is 12.8 Å². The molecule has 44 heavy (non-hydrogen) atoms. The van der Waals surface area contributed by atoms with Crippen molar-refractivity contribution in [2.24, 2.45) is 0 Å². The number of nitrogens with one attached hydrogen (secondary N) is 4. The first-order valence-corrected chi connectivity index (χ1v) is 15.9. The lowest BCUT2D eigenvalue weighted by atomic mass is 10.1. The molecule has 0 aliphatic rings. The minimum atomic E-state index is 0.0510. The highest BCUT2D eigenvalue weighted by Gasteiger charge is 2.09. The Morgan fingerprint density at radius 3 is 1.32 bits per heavy atom. The van der Waals surface area contributed by atoms with Crippen LogP contribution in [0.4, 0.5) is 0 Å². The third kappa shape index (κ3) is 15.3. The van der Waals surface area contributed by atoms with Gasteiger partial charge in [-0.1, -0.05) is 12.8 Å². The smallest absolute Gasteiger partial charge is 0.220 e. The van der Waals surface area contributed by atoms with Gasteiger partial charge in [-0.25, -0.2) is 0 Å². The van der Waals surface area contributed by atoms with E-state index in [1.807, 2.05) is 36.4 Å². The minimum absolute atomic E-state index is 0.0510. The van der Waals surface area contributed by atoms with Crippen LogP contribution in [0.25, 0.3) is 0 Å². The monoisotopic (exact) mass is 614 g/mol. The van der Waals surface area contributed by atoms with E-state index in [-0.39, 0.29) is 11.8 Å². The number of unbranched alkanes of at least 4 members (excludes halogenated alkanes) is 3. The van der Waals surface area contributed by atoms with E-state index in [9.17, 15) is 9.59 Å². The molecule has 2 aromatic carbocycles. The van der Waals surface area contributed by atoms with Gasteiger partial charge in [0.25, 0.3) is 0 Å². The van der Waals surface area contributed by atoms with Crippen molar-refractivity contribution >= 4 is 11.8 Å². The molecule has 0 spiro atoms. The standard InChI is InChI=1S/C34H54N4O6/c1-41-29-13-15-31(43-3)27(25-29)11-17-33(39)37-23-9-21-35-19-7-5-6-8-20-36-22-10-24-38-34(40)18-12-28-26-30(42-2)14-16-32(28)44-4/h13-16,25-26,35-36H,5-12,17-24H2,1-4H3,(H,37,39)(H,38,40). The number of hydrogen-bond acceptors (Lipinski definition) is 8.